The molecule has 1 N–H and O–H groups in total. The molecule has 0 amide bonds. The van der Waals surface area contributed by atoms with Crippen LogP contribution in [0.25, 0.3) is 0 Å². The summed E-state index contributed by atoms with van der Waals surface area (Å²) in [6, 6.07) is 1.88. The Morgan fingerprint density at radius 1 is 1.62 bits per heavy atom. The van der Waals surface area contributed by atoms with E-state index in [0.29, 0.717) is 4.64 Å². The van der Waals surface area contributed by atoms with Gasteiger partial charge in [0.1, 0.15) is 10.5 Å². The number of hydrogen-bond acceptors (Lipinski definition) is 3. The molecule has 0 bridgehead atoms. The van der Waals surface area contributed by atoms with Gasteiger partial charge in [0.05, 0.1) is 5.75 Å². The molecule has 0 aromatic carbocycles. The molecule has 0 aliphatic rings. The number of nitrogens with zero attached hydrogens (tertiary/aromatic N) is 1. The summed E-state index contributed by atoms with van der Waals surface area (Å²) >= 11 is 6.91. The van der Waals surface area contributed by atoms with Gasteiger partial charge in [0, 0.05) is 5.69 Å². The molecule has 0 saturated heterocycles. The van der Waals surface area contributed by atoms with E-state index in [1.807, 2.05) is 24.8 Å². The number of aryl methyl sites for hydroxylation is 1. The average molecular weight is 214 g/mol. The molecule has 0 aliphatic heterocycles. The zero-order chi connectivity index (χ0) is 9.68. The first kappa shape index (κ1) is 10.7. The highest BCUT2D eigenvalue weighted by molar-refractivity contribution is 7.98. The molecule has 0 fully saturated rings. The minimum atomic E-state index is 0.684. The molecule has 13 heavy (non-hydrogen) atoms. The molecular weight excluding hydrogens is 200 g/mol. The van der Waals surface area contributed by atoms with E-state index in [9.17, 15) is 0 Å². The molecule has 1 aromatic rings. The second kappa shape index (κ2) is 5.40. The van der Waals surface area contributed by atoms with Crippen LogP contribution in [0.5, 0.6) is 0 Å². The van der Waals surface area contributed by atoms with Gasteiger partial charge in [-0.25, -0.2) is 4.98 Å². The standard InChI is InChI=1S/C9H14N2S2/c1-3-4-13-6-8-10-7(2)5-9(12)11-8/h5H,3-4,6H2,1-2H3,(H,10,11,12). The fourth-order valence-corrected chi connectivity index (χ4v) is 2.07. The van der Waals surface area contributed by atoms with E-state index in [0.717, 1.165) is 17.3 Å². The lowest BCUT2D eigenvalue weighted by Gasteiger charge is -2.01. The molecule has 1 rings (SSSR count). The lowest BCUT2D eigenvalue weighted by Crippen LogP contribution is -1.95. The molecule has 0 unspecified atom stereocenters. The third kappa shape index (κ3) is 3.91. The lowest BCUT2D eigenvalue weighted by atomic mass is 10.4. The van der Waals surface area contributed by atoms with E-state index in [1.165, 1.54) is 12.2 Å². The molecule has 4 heteroatoms. The van der Waals surface area contributed by atoms with Crippen LogP contribution in [-0.4, -0.2) is 15.7 Å². The van der Waals surface area contributed by atoms with Crippen LogP contribution in [0.4, 0.5) is 0 Å². The minimum absolute atomic E-state index is 0.684. The van der Waals surface area contributed by atoms with E-state index in [4.69, 9.17) is 12.2 Å². The Labute approximate surface area is 88.2 Å². The number of aromatic nitrogens is 2. The van der Waals surface area contributed by atoms with Gasteiger partial charge in [0.2, 0.25) is 0 Å². The Morgan fingerprint density at radius 3 is 3.00 bits per heavy atom. The van der Waals surface area contributed by atoms with E-state index in [1.54, 1.807) is 0 Å². The van der Waals surface area contributed by atoms with Gasteiger partial charge < -0.3 is 4.98 Å². The zero-order valence-corrected chi connectivity index (χ0v) is 9.60. The van der Waals surface area contributed by atoms with Crippen LogP contribution < -0.4 is 0 Å². The highest BCUT2D eigenvalue weighted by atomic mass is 32.2. The normalized spacial score (nSPS) is 10.3. The van der Waals surface area contributed by atoms with Crippen molar-refractivity contribution in [1.82, 2.24) is 9.97 Å². The summed E-state index contributed by atoms with van der Waals surface area (Å²) in [7, 11) is 0. The second-order valence-corrected chi connectivity index (χ2v) is 4.43. The van der Waals surface area contributed by atoms with Crippen LogP contribution in [0.2, 0.25) is 0 Å². The summed E-state index contributed by atoms with van der Waals surface area (Å²) < 4.78 is 0.684. The summed E-state index contributed by atoms with van der Waals surface area (Å²) in [5.41, 5.74) is 1.09. The van der Waals surface area contributed by atoms with Crippen molar-refractivity contribution in [3.63, 3.8) is 0 Å². The minimum Gasteiger partial charge on any atom is -0.347 e. The maximum atomic E-state index is 5.03. The lowest BCUT2D eigenvalue weighted by molar-refractivity contribution is 0.983. The molecule has 1 heterocycles. The van der Waals surface area contributed by atoms with Crippen molar-refractivity contribution < 1.29 is 0 Å². The maximum absolute atomic E-state index is 5.03. The Hall–Kier alpha value is -0.350. The number of aromatic amines is 1. The first-order chi connectivity index (χ1) is 6.22. The topological polar surface area (TPSA) is 28.7 Å². The molecule has 0 aliphatic carbocycles. The first-order valence-electron chi connectivity index (χ1n) is 4.37. The third-order valence-electron chi connectivity index (χ3n) is 1.51. The Morgan fingerprint density at radius 2 is 2.38 bits per heavy atom. The molecule has 0 atom stereocenters. The van der Waals surface area contributed by atoms with Crippen molar-refractivity contribution >= 4 is 24.0 Å². The van der Waals surface area contributed by atoms with E-state index in [-0.39, 0.29) is 0 Å². The smallest absolute Gasteiger partial charge is 0.130 e. The molecule has 0 spiro atoms. The maximum Gasteiger partial charge on any atom is 0.130 e. The Bertz CT molecular complexity index is 320. The summed E-state index contributed by atoms with van der Waals surface area (Å²) in [6.45, 7) is 4.18. The van der Waals surface area contributed by atoms with Crippen molar-refractivity contribution in [3.8, 4) is 0 Å². The largest absolute Gasteiger partial charge is 0.347 e. The van der Waals surface area contributed by atoms with Gasteiger partial charge in [0.15, 0.2) is 0 Å². The summed E-state index contributed by atoms with van der Waals surface area (Å²) in [6.07, 6.45) is 1.21. The second-order valence-electron chi connectivity index (χ2n) is 2.90. The van der Waals surface area contributed by atoms with Gasteiger partial charge in [-0.1, -0.05) is 19.1 Å². The van der Waals surface area contributed by atoms with Crippen LogP contribution >= 0.6 is 24.0 Å². The number of rotatable bonds is 4. The van der Waals surface area contributed by atoms with Gasteiger partial charge in [-0.2, -0.15) is 11.8 Å². The zero-order valence-electron chi connectivity index (χ0n) is 7.96. The quantitative estimate of drug-likeness (QED) is 0.617. The van der Waals surface area contributed by atoms with E-state index in [2.05, 4.69) is 16.9 Å². The van der Waals surface area contributed by atoms with Gasteiger partial charge in [-0.3, -0.25) is 0 Å². The average Bonchev–Trinajstić information content (AvgIpc) is 2.03. The van der Waals surface area contributed by atoms with Crippen molar-refractivity contribution in [2.24, 2.45) is 0 Å². The highest BCUT2D eigenvalue weighted by Gasteiger charge is 1.95. The highest BCUT2D eigenvalue weighted by Crippen LogP contribution is 2.09. The van der Waals surface area contributed by atoms with Crippen molar-refractivity contribution in [2.75, 3.05) is 5.75 Å². The van der Waals surface area contributed by atoms with Gasteiger partial charge in [-0.15, -0.1) is 0 Å². The summed E-state index contributed by atoms with van der Waals surface area (Å²) in [5, 5.41) is 0. The molecule has 0 radical (unpaired) electrons. The van der Waals surface area contributed by atoms with E-state index < -0.39 is 0 Å². The van der Waals surface area contributed by atoms with Crippen LogP contribution in [0.15, 0.2) is 6.07 Å². The molecule has 2 nitrogen and oxygen atoms in total. The molecule has 1 aromatic heterocycles. The Balaban J connectivity index is 2.61. The predicted molar refractivity (Wildman–Crippen MR) is 60.6 cm³/mol. The fraction of sp³-hybridized carbons (Fsp3) is 0.556. The molecule has 0 saturated carbocycles. The first-order valence-corrected chi connectivity index (χ1v) is 5.93. The Kier molecular flexibility index (Phi) is 4.45. The van der Waals surface area contributed by atoms with E-state index >= 15 is 0 Å². The summed E-state index contributed by atoms with van der Waals surface area (Å²) in [4.78, 5) is 7.45. The van der Waals surface area contributed by atoms with Crippen LogP contribution in [0, 0.1) is 11.6 Å². The number of thioether (sulfide) groups is 1. The predicted octanol–water partition coefficient (Wildman–Crippen LogP) is 3.09. The van der Waals surface area contributed by atoms with Crippen molar-refractivity contribution in [2.45, 2.75) is 26.0 Å². The van der Waals surface area contributed by atoms with Crippen molar-refractivity contribution in [1.29, 1.82) is 0 Å². The molecular formula is C9H14N2S2. The fourth-order valence-electron chi connectivity index (χ4n) is 1.02. The van der Waals surface area contributed by atoms with Gasteiger partial charge >= 0.3 is 0 Å². The number of nitrogens with one attached hydrogen (secondary N) is 1. The summed E-state index contributed by atoms with van der Waals surface area (Å²) in [5.74, 6) is 3.10. The molecule has 72 valence electrons. The third-order valence-corrected chi connectivity index (χ3v) is 2.90. The van der Waals surface area contributed by atoms with Crippen molar-refractivity contribution in [3.05, 3.63) is 22.2 Å². The number of H-pyrrole nitrogens is 1. The van der Waals surface area contributed by atoms with Crippen LogP contribution in [0.3, 0.4) is 0 Å². The van der Waals surface area contributed by atoms with Crippen LogP contribution in [-0.2, 0) is 5.75 Å². The SMILES string of the molecule is CCCSCc1nc(=S)cc(C)[nH]1. The van der Waals surface area contributed by atoms with Crippen LogP contribution in [0.1, 0.15) is 24.9 Å². The number of hydrogen-bond donors (Lipinski definition) is 1. The monoisotopic (exact) mass is 214 g/mol. The van der Waals surface area contributed by atoms with Gasteiger partial charge in [-0.05, 0) is 25.2 Å². The van der Waals surface area contributed by atoms with Gasteiger partial charge in [0.25, 0.3) is 0 Å².